The predicted molar refractivity (Wildman–Crippen MR) is 116 cm³/mol. The van der Waals surface area contributed by atoms with E-state index in [0.29, 0.717) is 17.5 Å². The third-order valence-electron chi connectivity index (χ3n) is 4.84. The van der Waals surface area contributed by atoms with Crippen molar-refractivity contribution in [3.05, 3.63) is 52.1 Å². The fourth-order valence-corrected chi connectivity index (χ4v) is 3.31. The second kappa shape index (κ2) is 8.63. The Labute approximate surface area is 180 Å². The number of rotatable bonds is 5. The van der Waals surface area contributed by atoms with Gasteiger partial charge >= 0.3 is 5.97 Å². The van der Waals surface area contributed by atoms with Crippen LogP contribution >= 0.6 is 0 Å². The standard InChI is InChI=1S/C24H26O7/c1-12(2)6-8-15-20(27)21(29-5)16(9-7-13(3)4)23-22(15)30-18-11-14(25)10-17(26)19(18)24(28)31-23/h6-7,10-11,25-27H,8-9H2,1-5H3. The van der Waals surface area contributed by atoms with Crippen LogP contribution in [-0.4, -0.2) is 28.4 Å². The first-order valence-corrected chi connectivity index (χ1v) is 9.81. The average molecular weight is 426 g/mol. The lowest BCUT2D eigenvalue weighted by molar-refractivity contribution is 0.0732. The number of phenolic OH excluding ortho intramolecular Hbond substituents is 3. The summed E-state index contributed by atoms with van der Waals surface area (Å²) in [6.07, 6.45) is 4.39. The van der Waals surface area contributed by atoms with Crippen molar-refractivity contribution < 1.29 is 34.3 Å². The lowest BCUT2D eigenvalue weighted by Gasteiger charge is -2.20. The lowest BCUT2D eigenvalue weighted by Crippen LogP contribution is -2.10. The molecule has 0 amide bonds. The number of fused-ring (bicyclic) bond motifs is 2. The molecule has 0 fully saturated rings. The highest BCUT2D eigenvalue weighted by atomic mass is 16.6. The van der Waals surface area contributed by atoms with Gasteiger partial charge in [-0.3, -0.25) is 0 Å². The zero-order chi connectivity index (χ0) is 22.9. The smallest absolute Gasteiger partial charge is 0.351 e. The maximum Gasteiger partial charge on any atom is 0.351 e. The van der Waals surface area contributed by atoms with E-state index in [1.165, 1.54) is 13.2 Å². The van der Waals surface area contributed by atoms with Crippen molar-refractivity contribution in [1.82, 2.24) is 0 Å². The van der Waals surface area contributed by atoms with Crippen LogP contribution < -0.4 is 14.2 Å². The summed E-state index contributed by atoms with van der Waals surface area (Å²) in [7, 11) is 1.43. The average Bonchev–Trinajstić information content (AvgIpc) is 2.81. The molecule has 1 heterocycles. The third kappa shape index (κ3) is 4.30. The first-order valence-electron chi connectivity index (χ1n) is 9.81. The van der Waals surface area contributed by atoms with Gasteiger partial charge in [0.15, 0.2) is 23.0 Å². The molecule has 0 saturated heterocycles. The summed E-state index contributed by atoms with van der Waals surface area (Å²) in [5, 5.41) is 31.1. The molecule has 7 heteroatoms. The minimum absolute atomic E-state index is 0.0718. The molecule has 0 bridgehead atoms. The van der Waals surface area contributed by atoms with Crippen LogP contribution in [-0.2, 0) is 12.8 Å². The molecular weight excluding hydrogens is 400 g/mol. The van der Waals surface area contributed by atoms with Gasteiger partial charge in [0.2, 0.25) is 0 Å². The van der Waals surface area contributed by atoms with Gasteiger partial charge in [-0.05, 0) is 40.5 Å². The van der Waals surface area contributed by atoms with Gasteiger partial charge in [0.1, 0.15) is 22.8 Å². The molecule has 164 valence electrons. The van der Waals surface area contributed by atoms with Crippen molar-refractivity contribution >= 4 is 5.97 Å². The third-order valence-corrected chi connectivity index (χ3v) is 4.84. The zero-order valence-corrected chi connectivity index (χ0v) is 18.2. The molecule has 3 rings (SSSR count). The maximum absolute atomic E-state index is 12.9. The Balaban J connectivity index is 2.35. The molecule has 0 unspecified atom stereocenters. The summed E-state index contributed by atoms with van der Waals surface area (Å²) >= 11 is 0. The van der Waals surface area contributed by atoms with E-state index >= 15 is 0 Å². The molecule has 0 radical (unpaired) electrons. The topological polar surface area (TPSA) is 105 Å². The van der Waals surface area contributed by atoms with Crippen LogP contribution in [0.4, 0.5) is 0 Å². The van der Waals surface area contributed by atoms with Crippen LogP contribution in [0.5, 0.6) is 40.2 Å². The number of benzene rings is 2. The highest BCUT2D eigenvalue weighted by Crippen LogP contribution is 2.53. The summed E-state index contributed by atoms with van der Waals surface area (Å²) in [6.45, 7) is 7.69. The molecule has 1 aliphatic heterocycles. The van der Waals surface area contributed by atoms with Crippen molar-refractivity contribution in [2.75, 3.05) is 7.11 Å². The molecular formula is C24H26O7. The monoisotopic (exact) mass is 426 g/mol. The second-order valence-corrected chi connectivity index (χ2v) is 7.80. The maximum atomic E-state index is 12.9. The van der Waals surface area contributed by atoms with Gasteiger partial charge in [0.25, 0.3) is 0 Å². The van der Waals surface area contributed by atoms with Crippen LogP contribution in [0.2, 0.25) is 0 Å². The van der Waals surface area contributed by atoms with E-state index in [4.69, 9.17) is 14.2 Å². The number of allylic oxidation sites excluding steroid dienone is 4. The Morgan fingerprint density at radius 2 is 1.52 bits per heavy atom. The Kier molecular flexibility index (Phi) is 6.15. The summed E-state index contributed by atoms with van der Waals surface area (Å²) in [6, 6.07) is 2.25. The van der Waals surface area contributed by atoms with E-state index in [9.17, 15) is 20.1 Å². The van der Waals surface area contributed by atoms with Crippen LogP contribution in [0, 0.1) is 0 Å². The van der Waals surface area contributed by atoms with Crippen LogP contribution in [0.3, 0.4) is 0 Å². The van der Waals surface area contributed by atoms with Gasteiger partial charge in [0.05, 0.1) is 7.11 Å². The molecule has 0 saturated carbocycles. The van der Waals surface area contributed by atoms with Crippen LogP contribution in [0.1, 0.15) is 49.2 Å². The Bertz CT molecular complexity index is 1100. The number of carbonyl (C=O) groups is 1. The molecule has 31 heavy (non-hydrogen) atoms. The fourth-order valence-electron chi connectivity index (χ4n) is 3.31. The molecule has 0 spiro atoms. The van der Waals surface area contributed by atoms with E-state index in [1.807, 2.05) is 39.8 Å². The summed E-state index contributed by atoms with van der Waals surface area (Å²) in [5.74, 6) is -1.37. The summed E-state index contributed by atoms with van der Waals surface area (Å²) < 4.78 is 17.1. The fraction of sp³-hybridized carbons (Fsp3) is 0.292. The van der Waals surface area contributed by atoms with Gasteiger partial charge in [0, 0.05) is 23.3 Å². The molecule has 7 nitrogen and oxygen atoms in total. The highest BCUT2D eigenvalue weighted by molar-refractivity contribution is 5.99. The number of hydrogen-bond donors (Lipinski definition) is 3. The predicted octanol–water partition coefficient (Wildman–Crippen LogP) is 5.15. The minimum Gasteiger partial charge on any atom is -0.508 e. The molecule has 1 aliphatic rings. The van der Waals surface area contributed by atoms with E-state index in [1.54, 1.807) is 0 Å². The molecule has 2 aromatic rings. The zero-order valence-electron chi connectivity index (χ0n) is 18.2. The van der Waals surface area contributed by atoms with Gasteiger partial charge in [-0.25, -0.2) is 4.79 Å². The number of hydrogen-bond acceptors (Lipinski definition) is 7. The number of methoxy groups -OCH3 is 1. The Hall–Kier alpha value is -3.61. The van der Waals surface area contributed by atoms with E-state index < -0.39 is 11.7 Å². The van der Waals surface area contributed by atoms with Gasteiger partial charge in [-0.15, -0.1) is 0 Å². The molecule has 3 N–H and O–H groups in total. The van der Waals surface area contributed by atoms with E-state index in [0.717, 1.165) is 17.2 Å². The first-order chi connectivity index (χ1) is 14.6. The Morgan fingerprint density at radius 1 is 0.935 bits per heavy atom. The quantitative estimate of drug-likeness (QED) is 0.345. The van der Waals surface area contributed by atoms with Crippen molar-refractivity contribution in [3.63, 3.8) is 0 Å². The van der Waals surface area contributed by atoms with Crippen molar-refractivity contribution in [2.24, 2.45) is 0 Å². The SMILES string of the molecule is COc1c(O)c(CC=C(C)C)c2c(c1CC=C(C)C)OC(=O)c1c(O)cc(O)cc1O2. The normalized spacial score (nSPS) is 12.0. The molecule has 0 atom stereocenters. The molecule has 0 aromatic heterocycles. The van der Waals surface area contributed by atoms with Crippen molar-refractivity contribution in [2.45, 2.75) is 40.5 Å². The first kappa shape index (κ1) is 22.1. The number of carbonyl (C=O) groups excluding carboxylic acids is 1. The lowest BCUT2D eigenvalue weighted by atomic mass is 9.99. The number of phenols is 3. The minimum atomic E-state index is -0.842. The largest absolute Gasteiger partial charge is 0.508 e. The number of esters is 1. The second-order valence-electron chi connectivity index (χ2n) is 7.80. The summed E-state index contributed by atoms with van der Waals surface area (Å²) in [5.41, 5.74) is 2.62. The molecule has 2 aromatic carbocycles. The van der Waals surface area contributed by atoms with Crippen molar-refractivity contribution in [1.29, 1.82) is 0 Å². The van der Waals surface area contributed by atoms with E-state index in [2.05, 4.69) is 0 Å². The molecule has 0 aliphatic carbocycles. The van der Waals surface area contributed by atoms with Gasteiger partial charge in [-0.1, -0.05) is 23.3 Å². The number of ether oxygens (including phenoxy) is 3. The highest BCUT2D eigenvalue weighted by Gasteiger charge is 2.34. The number of aromatic hydroxyl groups is 3. The van der Waals surface area contributed by atoms with Gasteiger partial charge in [-0.2, -0.15) is 0 Å². The van der Waals surface area contributed by atoms with E-state index in [-0.39, 0.29) is 46.5 Å². The van der Waals surface area contributed by atoms with Crippen LogP contribution in [0.25, 0.3) is 0 Å². The van der Waals surface area contributed by atoms with Gasteiger partial charge < -0.3 is 29.5 Å². The van der Waals surface area contributed by atoms with Crippen molar-refractivity contribution in [3.8, 4) is 40.2 Å². The summed E-state index contributed by atoms with van der Waals surface area (Å²) in [4.78, 5) is 12.9. The van der Waals surface area contributed by atoms with Crippen LogP contribution in [0.15, 0.2) is 35.4 Å². The Morgan fingerprint density at radius 3 is 2.10 bits per heavy atom.